The highest BCUT2D eigenvalue weighted by Crippen LogP contribution is 2.34. The summed E-state index contributed by atoms with van der Waals surface area (Å²) in [6.45, 7) is 2.07. The molecule has 29 heavy (non-hydrogen) atoms. The maximum atomic E-state index is 10.6. The van der Waals surface area contributed by atoms with Crippen molar-refractivity contribution in [3.8, 4) is 28.1 Å². The molecule has 3 N–H and O–H groups in total. The molecule has 1 aliphatic rings. The highest BCUT2D eigenvalue weighted by molar-refractivity contribution is 7.21. The first kappa shape index (κ1) is 18.0. The van der Waals surface area contributed by atoms with Gasteiger partial charge >= 0.3 is 0 Å². The largest absolute Gasteiger partial charge is 0.507 e. The summed E-state index contributed by atoms with van der Waals surface area (Å²) in [5.74, 6) is 0.161. The summed E-state index contributed by atoms with van der Waals surface area (Å²) in [5, 5.41) is 21.6. The number of nitrogens with one attached hydrogen (secondary N) is 2. The van der Waals surface area contributed by atoms with Gasteiger partial charge in [0.2, 0.25) is 0 Å². The number of H-pyrrole nitrogens is 1. The minimum absolute atomic E-state index is 0.161. The Hall–Kier alpha value is -3.04. The van der Waals surface area contributed by atoms with Gasteiger partial charge in [0.05, 0.1) is 18.1 Å². The van der Waals surface area contributed by atoms with Crippen molar-refractivity contribution in [1.29, 1.82) is 0 Å². The molecule has 0 spiro atoms. The van der Waals surface area contributed by atoms with Gasteiger partial charge in [-0.1, -0.05) is 17.4 Å². The maximum absolute atomic E-state index is 10.6. The van der Waals surface area contributed by atoms with E-state index in [2.05, 4.69) is 37.4 Å². The standard InChI is InChI=1S/C20H21N7OS/c1-27(14-4-6-21-7-5-14)20-26-18-19(29-20)25-16(11-22-18)15-3-2-12(8-17(15)28)13-9-23-24-10-13/h2-3,8-11,14,21,28H,4-7H2,1H3,(H,23,24). The molecule has 0 unspecified atom stereocenters. The summed E-state index contributed by atoms with van der Waals surface area (Å²) < 4.78 is 0. The topological polar surface area (TPSA) is 103 Å². The van der Waals surface area contributed by atoms with Gasteiger partial charge < -0.3 is 15.3 Å². The van der Waals surface area contributed by atoms with Crippen LogP contribution in [0.15, 0.2) is 36.8 Å². The predicted octanol–water partition coefficient (Wildman–Crippen LogP) is 3.04. The highest BCUT2D eigenvalue weighted by atomic mass is 32.1. The van der Waals surface area contributed by atoms with Gasteiger partial charge in [-0.25, -0.2) is 9.97 Å². The van der Waals surface area contributed by atoms with Crippen molar-refractivity contribution in [3.63, 3.8) is 0 Å². The molecule has 1 aliphatic heterocycles. The average Bonchev–Trinajstić information content (AvgIpc) is 3.43. The Kier molecular flexibility index (Phi) is 4.61. The lowest BCUT2D eigenvalue weighted by Crippen LogP contribution is -2.41. The van der Waals surface area contributed by atoms with Gasteiger partial charge in [0.25, 0.3) is 0 Å². The van der Waals surface area contributed by atoms with Gasteiger partial charge in [-0.2, -0.15) is 10.1 Å². The van der Waals surface area contributed by atoms with Crippen LogP contribution in [0.5, 0.6) is 5.75 Å². The molecule has 148 valence electrons. The van der Waals surface area contributed by atoms with E-state index >= 15 is 0 Å². The van der Waals surface area contributed by atoms with Crippen LogP contribution in [-0.2, 0) is 0 Å². The Morgan fingerprint density at radius 2 is 2.00 bits per heavy atom. The fourth-order valence-electron chi connectivity index (χ4n) is 3.68. The van der Waals surface area contributed by atoms with Gasteiger partial charge in [0, 0.05) is 30.4 Å². The van der Waals surface area contributed by atoms with Crippen molar-refractivity contribution in [2.45, 2.75) is 18.9 Å². The number of aromatic amines is 1. The van der Waals surface area contributed by atoms with E-state index in [1.165, 1.54) is 0 Å². The SMILES string of the molecule is CN(c1nc2ncc(-c3ccc(-c4cn[nH]c4)cc3O)nc2s1)C1CCNCC1. The number of phenols is 1. The molecular formula is C20H21N7OS. The zero-order chi connectivity index (χ0) is 19.8. The second-order valence-electron chi connectivity index (χ2n) is 7.19. The summed E-state index contributed by atoms with van der Waals surface area (Å²) in [6, 6.07) is 6.00. The van der Waals surface area contributed by atoms with E-state index in [0.29, 0.717) is 22.9 Å². The van der Waals surface area contributed by atoms with Crippen LogP contribution in [0.4, 0.5) is 5.13 Å². The minimum atomic E-state index is 0.161. The summed E-state index contributed by atoms with van der Waals surface area (Å²) in [4.78, 5) is 16.9. The van der Waals surface area contributed by atoms with Crippen LogP contribution in [0, 0.1) is 0 Å². The minimum Gasteiger partial charge on any atom is -0.507 e. The van der Waals surface area contributed by atoms with Crippen LogP contribution < -0.4 is 10.2 Å². The van der Waals surface area contributed by atoms with E-state index in [1.807, 2.05) is 12.1 Å². The second kappa shape index (κ2) is 7.41. The molecule has 0 saturated carbocycles. The van der Waals surface area contributed by atoms with Gasteiger partial charge in [0.15, 0.2) is 15.6 Å². The van der Waals surface area contributed by atoms with Crippen LogP contribution >= 0.6 is 11.3 Å². The molecule has 1 aromatic carbocycles. The Morgan fingerprint density at radius 1 is 1.14 bits per heavy atom. The highest BCUT2D eigenvalue weighted by Gasteiger charge is 2.21. The zero-order valence-corrected chi connectivity index (χ0v) is 16.8. The molecule has 1 saturated heterocycles. The van der Waals surface area contributed by atoms with Crippen molar-refractivity contribution < 1.29 is 5.11 Å². The molecule has 4 heterocycles. The third-order valence-electron chi connectivity index (χ3n) is 5.38. The number of thiazole rings is 1. The number of fused-ring (bicyclic) bond motifs is 1. The van der Waals surface area contributed by atoms with Crippen molar-refractivity contribution in [2.75, 3.05) is 25.0 Å². The lowest BCUT2D eigenvalue weighted by atomic mass is 10.0. The van der Waals surface area contributed by atoms with E-state index in [0.717, 1.165) is 47.0 Å². The Morgan fingerprint density at radius 3 is 2.76 bits per heavy atom. The summed E-state index contributed by atoms with van der Waals surface area (Å²) in [6.07, 6.45) is 7.39. The number of hydrogen-bond donors (Lipinski definition) is 3. The molecule has 0 radical (unpaired) electrons. The Bertz CT molecular complexity index is 1140. The Labute approximate surface area is 171 Å². The number of piperidine rings is 1. The first-order valence-corrected chi connectivity index (χ1v) is 10.4. The van der Waals surface area contributed by atoms with E-state index in [-0.39, 0.29) is 5.75 Å². The fourth-order valence-corrected chi connectivity index (χ4v) is 4.61. The smallest absolute Gasteiger partial charge is 0.191 e. The predicted molar refractivity (Wildman–Crippen MR) is 114 cm³/mol. The zero-order valence-electron chi connectivity index (χ0n) is 16.0. The molecule has 9 heteroatoms. The van der Waals surface area contributed by atoms with Crippen LogP contribution in [-0.4, -0.2) is 56.4 Å². The summed E-state index contributed by atoms with van der Waals surface area (Å²) in [5.41, 5.74) is 3.73. The van der Waals surface area contributed by atoms with E-state index < -0.39 is 0 Å². The van der Waals surface area contributed by atoms with Crippen molar-refractivity contribution in [1.82, 2.24) is 30.5 Å². The third-order valence-corrected chi connectivity index (χ3v) is 6.40. The first-order chi connectivity index (χ1) is 14.2. The van der Waals surface area contributed by atoms with Crippen molar-refractivity contribution >= 4 is 26.9 Å². The molecule has 0 aliphatic carbocycles. The molecule has 1 fully saturated rings. The molecule has 0 amide bonds. The number of hydrogen-bond acceptors (Lipinski definition) is 8. The molecule has 0 atom stereocenters. The molecular weight excluding hydrogens is 386 g/mol. The van der Waals surface area contributed by atoms with Crippen LogP contribution in [0.25, 0.3) is 32.9 Å². The fraction of sp³-hybridized carbons (Fsp3) is 0.300. The molecule has 8 nitrogen and oxygen atoms in total. The average molecular weight is 408 g/mol. The number of aromatic nitrogens is 5. The van der Waals surface area contributed by atoms with Crippen molar-refractivity contribution in [3.05, 3.63) is 36.8 Å². The summed E-state index contributed by atoms with van der Waals surface area (Å²) in [7, 11) is 2.09. The van der Waals surface area contributed by atoms with E-state index in [9.17, 15) is 5.11 Å². The van der Waals surface area contributed by atoms with Crippen LogP contribution in [0.2, 0.25) is 0 Å². The Balaban J connectivity index is 1.45. The number of benzene rings is 1. The number of phenolic OH excluding ortho intramolecular Hbond substituents is 1. The molecule has 3 aromatic heterocycles. The van der Waals surface area contributed by atoms with Gasteiger partial charge in [-0.05, 0) is 43.6 Å². The molecule has 4 aromatic rings. The molecule has 5 rings (SSSR count). The van der Waals surface area contributed by atoms with E-state index in [1.54, 1.807) is 36.0 Å². The number of rotatable bonds is 4. The van der Waals surface area contributed by atoms with Gasteiger partial charge in [0.1, 0.15) is 5.75 Å². The quantitative estimate of drug-likeness (QED) is 0.478. The lowest BCUT2D eigenvalue weighted by Gasteiger charge is -2.31. The van der Waals surface area contributed by atoms with Crippen LogP contribution in [0.3, 0.4) is 0 Å². The van der Waals surface area contributed by atoms with E-state index in [4.69, 9.17) is 4.98 Å². The maximum Gasteiger partial charge on any atom is 0.191 e. The van der Waals surface area contributed by atoms with Crippen molar-refractivity contribution in [2.24, 2.45) is 0 Å². The lowest BCUT2D eigenvalue weighted by molar-refractivity contribution is 0.443. The summed E-state index contributed by atoms with van der Waals surface area (Å²) >= 11 is 1.54. The number of nitrogens with zero attached hydrogens (tertiary/aromatic N) is 5. The normalized spacial score (nSPS) is 15.1. The monoisotopic (exact) mass is 407 g/mol. The number of anilines is 1. The number of aromatic hydroxyl groups is 1. The van der Waals surface area contributed by atoms with Gasteiger partial charge in [-0.15, -0.1) is 0 Å². The first-order valence-electron chi connectivity index (χ1n) is 9.59. The molecule has 0 bridgehead atoms. The second-order valence-corrected chi connectivity index (χ2v) is 8.15. The third kappa shape index (κ3) is 3.43. The van der Waals surface area contributed by atoms with Gasteiger partial charge in [-0.3, -0.25) is 5.10 Å². The van der Waals surface area contributed by atoms with Crippen LogP contribution in [0.1, 0.15) is 12.8 Å².